The standard InChI is InChI=1S/C17H16ClN3O3S/c1-4-24-16(23)13-9(3)12-14(20-17(18)21-15(12)25-13)19-11-6-5-10(22)7-8(11)2/h5-7,22H,4H2,1-3H3,(H,19,20,21). The Hall–Kier alpha value is -2.38. The summed E-state index contributed by atoms with van der Waals surface area (Å²) >= 11 is 7.27. The first-order valence-electron chi connectivity index (χ1n) is 7.61. The van der Waals surface area contributed by atoms with E-state index in [2.05, 4.69) is 15.3 Å². The number of esters is 1. The van der Waals surface area contributed by atoms with Gasteiger partial charge in [-0.05, 0) is 61.7 Å². The van der Waals surface area contributed by atoms with E-state index in [1.54, 1.807) is 25.1 Å². The number of halogens is 1. The zero-order valence-corrected chi connectivity index (χ0v) is 15.5. The number of ether oxygens (including phenoxy) is 1. The molecule has 1 aromatic carbocycles. The molecule has 2 aromatic heterocycles. The number of phenolic OH excluding ortho intramolecular Hbond substituents is 1. The van der Waals surface area contributed by atoms with E-state index >= 15 is 0 Å². The molecule has 2 N–H and O–H groups in total. The molecule has 8 heteroatoms. The van der Waals surface area contributed by atoms with Crippen LogP contribution >= 0.6 is 22.9 Å². The number of hydrogen-bond donors (Lipinski definition) is 2. The van der Waals surface area contributed by atoms with Gasteiger partial charge in [0.1, 0.15) is 21.3 Å². The average Bonchev–Trinajstić information content (AvgIpc) is 2.87. The second-order valence-corrected chi connectivity index (χ2v) is 6.76. The van der Waals surface area contributed by atoms with E-state index in [4.69, 9.17) is 16.3 Å². The molecule has 0 aliphatic carbocycles. The third-order valence-corrected chi connectivity index (χ3v) is 5.02. The maximum atomic E-state index is 12.1. The first kappa shape index (κ1) is 17.4. The summed E-state index contributed by atoms with van der Waals surface area (Å²) in [6.45, 7) is 5.76. The number of phenols is 1. The van der Waals surface area contributed by atoms with E-state index in [-0.39, 0.29) is 17.0 Å². The van der Waals surface area contributed by atoms with Crippen molar-refractivity contribution in [1.82, 2.24) is 9.97 Å². The van der Waals surface area contributed by atoms with Crippen LogP contribution in [-0.2, 0) is 4.74 Å². The number of aryl methyl sites for hydroxylation is 2. The van der Waals surface area contributed by atoms with Crippen molar-refractivity contribution in [2.75, 3.05) is 11.9 Å². The number of carbonyl (C=O) groups excluding carboxylic acids is 1. The minimum absolute atomic E-state index is 0.0862. The van der Waals surface area contributed by atoms with Gasteiger partial charge >= 0.3 is 5.97 Å². The fraction of sp³-hybridized carbons (Fsp3) is 0.235. The van der Waals surface area contributed by atoms with Gasteiger partial charge in [0, 0.05) is 5.69 Å². The molecule has 3 aromatic rings. The normalized spacial score (nSPS) is 10.9. The number of benzene rings is 1. The second-order valence-electron chi connectivity index (χ2n) is 5.42. The molecule has 0 amide bonds. The summed E-state index contributed by atoms with van der Waals surface area (Å²) in [5.74, 6) is 0.309. The Morgan fingerprint density at radius 3 is 2.80 bits per heavy atom. The van der Waals surface area contributed by atoms with Crippen LogP contribution in [0.2, 0.25) is 5.28 Å². The zero-order chi connectivity index (χ0) is 18.1. The predicted molar refractivity (Wildman–Crippen MR) is 99.2 cm³/mol. The fourth-order valence-electron chi connectivity index (χ4n) is 2.51. The molecule has 6 nitrogen and oxygen atoms in total. The van der Waals surface area contributed by atoms with Gasteiger partial charge in [0.05, 0.1) is 12.0 Å². The van der Waals surface area contributed by atoms with Crippen LogP contribution in [0.15, 0.2) is 18.2 Å². The van der Waals surface area contributed by atoms with E-state index in [1.165, 1.54) is 11.3 Å². The number of rotatable bonds is 4. The lowest BCUT2D eigenvalue weighted by molar-refractivity contribution is 0.0531. The van der Waals surface area contributed by atoms with E-state index in [0.29, 0.717) is 22.1 Å². The highest BCUT2D eigenvalue weighted by Crippen LogP contribution is 2.36. The molecule has 0 fully saturated rings. The van der Waals surface area contributed by atoms with Gasteiger partial charge in [-0.2, -0.15) is 4.98 Å². The highest BCUT2D eigenvalue weighted by molar-refractivity contribution is 7.20. The Balaban J connectivity index is 2.12. The quantitative estimate of drug-likeness (QED) is 0.393. The van der Waals surface area contributed by atoms with Gasteiger partial charge in [-0.15, -0.1) is 11.3 Å². The maximum absolute atomic E-state index is 12.1. The van der Waals surface area contributed by atoms with Crippen molar-refractivity contribution in [2.45, 2.75) is 20.8 Å². The summed E-state index contributed by atoms with van der Waals surface area (Å²) in [4.78, 5) is 21.7. The highest BCUT2D eigenvalue weighted by Gasteiger charge is 2.21. The smallest absolute Gasteiger partial charge is 0.348 e. The average molecular weight is 378 g/mol. The monoisotopic (exact) mass is 377 g/mol. The van der Waals surface area contributed by atoms with Crippen molar-refractivity contribution in [3.63, 3.8) is 0 Å². The molecule has 0 radical (unpaired) electrons. The van der Waals surface area contributed by atoms with Crippen LogP contribution in [-0.4, -0.2) is 27.7 Å². The van der Waals surface area contributed by atoms with Crippen LogP contribution < -0.4 is 5.32 Å². The lowest BCUT2D eigenvalue weighted by Gasteiger charge is -2.11. The summed E-state index contributed by atoms with van der Waals surface area (Å²) in [5.41, 5.74) is 2.37. The van der Waals surface area contributed by atoms with Gasteiger partial charge < -0.3 is 15.2 Å². The Morgan fingerprint density at radius 2 is 2.12 bits per heavy atom. The number of carbonyl (C=O) groups is 1. The molecule has 0 saturated heterocycles. The molecule has 25 heavy (non-hydrogen) atoms. The number of nitrogens with one attached hydrogen (secondary N) is 1. The first-order valence-corrected chi connectivity index (χ1v) is 8.80. The lowest BCUT2D eigenvalue weighted by Crippen LogP contribution is -2.04. The Labute approximate surface area is 153 Å². The minimum Gasteiger partial charge on any atom is -0.508 e. The van der Waals surface area contributed by atoms with E-state index in [9.17, 15) is 9.90 Å². The molecule has 0 aliphatic rings. The highest BCUT2D eigenvalue weighted by atomic mass is 35.5. The van der Waals surface area contributed by atoms with Gasteiger partial charge in [0.15, 0.2) is 0 Å². The molecule has 2 heterocycles. The lowest BCUT2D eigenvalue weighted by atomic mass is 10.1. The Morgan fingerprint density at radius 1 is 1.36 bits per heavy atom. The number of nitrogens with zero attached hydrogens (tertiary/aromatic N) is 2. The van der Waals surface area contributed by atoms with Crippen molar-refractivity contribution >= 4 is 50.6 Å². The van der Waals surface area contributed by atoms with Crippen LogP contribution in [0, 0.1) is 13.8 Å². The third-order valence-electron chi connectivity index (χ3n) is 3.69. The van der Waals surface area contributed by atoms with Crippen LogP contribution in [0.25, 0.3) is 10.2 Å². The maximum Gasteiger partial charge on any atom is 0.348 e. The number of anilines is 2. The van der Waals surface area contributed by atoms with E-state index in [1.807, 2.05) is 13.8 Å². The summed E-state index contributed by atoms with van der Waals surface area (Å²) < 4.78 is 5.10. The zero-order valence-electron chi connectivity index (χ0n) is 13.9. The van der Waals surface area contributed by atoms with Gasteiger partial charge in [-0.1, -0.05) is 0 Å². The van der Waals surface area contributed by atoms with Crippen LogP contribution in [0.4, 0.5) is 11.5 Å². The summed E-state index contributed by atoms with van der Waals surface area (Å²) in [6.07, 6.45) is 0. The molecule has 3 rings (SSSR count). The SMILES string of the molecule is CCOC(=O)c1sc2nc(Cl)nc(Nc3ccc(O)cc3C)c2c1C. The number of aromatic nitrogens is 2. The van der Waals surface area contributed by atoms with Gasteiger partial charge in [0.25, 0.3) is 0 Å². The second kappa shape index (κ2) is 6.85. The van der Waals surface area contributed by atoms with Crippen molar-refractivity contribution in [2.24, 2.45) is 0 Å². The van der Waals surface area contributed by atoms with Gasteiger partial charge in [-0.3, -0.25) is 0 Å². The van der Waals surface area contributed by atoms with Crippen LogP contribution in [0.5, 0.6) is 5.75 Å². The molecule has 0 atom stereocenters. The molecule has 0 aliphatic heterocycles. The van der Waals surface area contributed by atoms with Crippen molar-refractivity contribution in [3.8, 4) is 5.75 Å². The third kappa shape index (κ3) is 3.38. The number of fused-ring (bicyclic) bond motifs is 1. The largest absolute Gasteiger partial charge is 0.508 e. The topological polar surface area (TPSA) is 84.3 Å². The van der Waals surface area contributed by atoms with E-state index in [0.717, 1.165) is 22.2 Å². The van der Waals surface area contributed by atoms with Crippen molar-refractivity contribution < 1.29 is 14.6 Å². The fourth-order valence-corrected chi connectivity index (χ4v) is 3.80. The molecule has 0 saturated carbocycles. The summed E-state index contributed by atoms with van der Waals surface area (Å²) in [6, 6.07) is 4.98. The molecule has 0 spiro atoms. The number of hydrogen-bond acceptors (Lipinski definition) is 7. The van der Waals surface area contributed by atoms with Crippen LogP contribution in [0.1, 0.15) is 27.7 Å². The predicted octanol–water partition coefficient (Wildman–Crippen LogP) is 4.59. The van der Waals surface area contributed by atoms with Crippen LogP contribution in [0.3, 0.4) is 0 Å². The first-order chi connectivity index (χ1) is 11.9. The number of thiophene rings is 1. The van der Waals surface area contributed by atoms with Crippen molar-refractivity contribution in [1.29, 1.82) is 0 Å². The Bertz CT molecular complexity index is 971. The summed E-state index contributed by atoms with van der Waals surface area (Å²) in [7, 11) is 0. The minimum atomic E-state index is -0.383. The Kier molecular flexibility index (Phi) is 4.78. The van der Waals surface area contributed by atoms with Gasteiger partial charge in [0.2, 0.25) is 5.28 Å². The molecular formula is C17H16ClN3O3S. The summed E-state index contributed by atoms with van der Waals surface area (Å²) in [5, 5.41) is 13.6. The van der Waals surface area contributed by atoms with Gasteiger partial charge in [-0.25, -0.2) is 9.78 Å². The molecular weight excluding hydrogens is 362 g/mol. The van der Waals surface area contributed by atoms with Crippen molar-refractivity contribution in [3.05, 3.63) is 39.5 Å². The number of aromatic hydroxyl groups is 1. The van der Waals surface area contributed by atoms with E-state index < -0.39 is 0 Å². The molecule has 0 bridgehead atoms. The molecule has 130 valence electrons. The molecule has 0 unspecified atom stereocenters.